The van der Waals surface area contributed by atoms with E-state index in [1.165, 1.54) is 0 Å². The summed E-state index contributed by atoms with van der Waals surface area (Å²) in [6.45, 7) is 5.46. The zero-order valence-corrected chi connectivity index (χ0v) is 14.3. The van der Waals surface area contributed by atoms with Crippen LogP contribution in [0.15, 0.2) is 27.4 Å². The second-order valence-corrected chi connectivity index (χ2v) is 6.36. The molecule has 24 heavy (non-hydrogen) atoms. The highest BCUT2D eigenvalue weighted by Crippen LogP contribution is 2.30. The van der Waals surface area contributed by atoms with Crippen LogP contribution in [-0.4, -0.2) is 18.2 Å². The molecule has 3 rings (SSSR count). The summed E-state index contributed by atoms with van der Waals surface area (Å²) in [5.41, 5.74) is 2.12. The lowest BCUT2D eigenvalue weighted by atomic mass is 10.1. The van der Waals surface area contributed by atoms with Gasteiger partial charge in [0.15, 0.2) is 6.10 Å². The Bertz CT molecular complexity index is 818. The summed E-state index contributed by atoms with van der Waals surface area (Å²) in [6, 6.07) is 5.39. The van der Waals surface area contributed by atoms with E-state index >= 15 is 0 Å². The van der Waals surface area contributed by atoms with Gasteiger partial charge < -0.3 is 13.9 Å². The van der Waals surface area contributed by atoms with Gasteiger partial charge in [-0.2, -0.15) is 0 Å². The number of hydrogen-bond donors (Lipinski definition) is 0. The lowest BCUT2D eigenvalue weighted by Crippen LogP contribution is -2.30. The van der Waals surface area contributed by atoms with Crippen LogP contribution in [0.2, 0.25) is 0 Å². The molecule has 5 heteroatoms. The van der Waals surface area contributed by atoms with Gasteiger partial charge in [0.1, 0.15) is 11.3 Å². The van der Waals surface area contributed by atoms with Crippen LogP contribution in [0.25, 0.3) is 11.0 Å². The highest BCUT2D eigenvalue weighted by atomic mass is 16.6. The summed E-state index contributed by atoms with van der Waals surface area (Å²) in [7, 11) is 0. The summed E-state index contributed by atoms with van der Waals surface area (Å²) >= 11 is 0. The molecule has 0 N–H and O–H groups in total. The van der Waals surface area contributed by atoms with Crippen LogP contribution in [0, 0.1) is 0 Å². The first-order valence-electron chi connectivity index (χ1n) is 8.45. The third-order valence-electron chi connectivity index (χ3n) is 4.21. The molecule has 1 heterocycles. The highest BCUT2D eigenvalue weighted by Gasteiger charge is 2.23. The first kappa shape index (κ1) is 16.6. The average molecular weight is 330 g/mol. The molecule has 0 amide bonds. The van der Waals surface area contributed by atoms with Crippen LogP contribution in [0.4, 0.5) is 0 Å². The Morgan fingerprint density at radius 3 is 2.71 bits per heavy atom. The minimum absolute atomic E-state index is 0.188. The molecule has 5 nitrogen and oxygen atoms in total. The Morgan fingerprint density at radius 2 is 2.00 bits per heavy atom. The molecular formula is C19H22O5. The molecule has 1 aromatic heterocycles. The van der Waals surface area contributed by atoms with Crippen molar-refractivity contribution in [2.24, 2.45) is 0 Å². The molecule has 0 aliphatic heterocycles. The van der Waals surface area contributed by atoms with Crippen molar-refractivity contribution < 1.29 is 18.7 Å². The van der Waals surface area contributed by atoms with Crippen LogP contribution in [0.3, 0.4) is 0 Å². The van der Waals surface area contributed by atoms with Gasteiger partial charge in [-0.15, -0.1) is 0 Å². The van der Waals surface area contributed by atoms with Gasteiger partial charge in [0.2, 0.25) is 0 Å². The van der Waals surface area contributed by atoms with E-state index in [4.69, 9.17) is 13.9 Å². The largest absolute Gasteiger partial charge is 0.479 e. The van der Waals surface area contributed by atoms with E-state index < -0.39 is 6.10 Å². The van der Waals surface area contributed by atoms with Gasteiger partial charge in [0, 0.05) is 17.0 Å². The fraction of sp³-hybridized carbons (Fsp3) is 0.474. The van der Waals surface area contributed by atoms with Crippen LogP contribution in [-0.2, 0) is 22.4 Å². The second kappa shape index (κ2) is 6.67. The van der Waals surface area contributed by atoms with Crippen molar-refractivity contribution in [3.05, 3.63) is 39.7 Å². The minimum Gasteiger partial charge on any atom is -0.479 e. The Hall–Kier alpha value is -2.30. The number of benzene rings is 1. The summed E-state index contributed by atoms with van der Waals surface area (Å²) < 4.78 is 16.4. The Labute approximate surface area is 140 Å². The molecule has 1 aliphatic carbocycles. The van der Waals surface area contributed by atoms with E-state index in [2.05, 4.69) is 0 Å². The molecule has 1 aromatic carbocycles. The molecule has 0 saturated carbocycles. The number of carbonyl (C=O) groups is 1. The SMILES string of the molecule is CCC(Oc1ccc2c3c(c(=O)oc2c1)CCC3)C(=O)OC(C)C. The lowest BCUT2D eigenvalue weighted by Gasteiger charge is -2.18. The van der Waals surface area contributed by atoms with Crippen molar-refractivity contribution in [1.82, 2.24) is 0 Å². The first-order chi connectivity index (χ1) is 11.5. The number of ether oxygens (including phenoxy) is 2. The van der Waals surface area contributed by atoms with E-state index in [1.54, 1.807) is 19.9 Å². The van der Waals surface area contributed by atoms with Crippen LogP contribution in [0.1, 0.15) is 44.7 Å². The summed E-state index contributed by atoms with van der Waals surface area (Å²) in [5.74, 6) is 0.110. The van der Waals surface area contributed by atoms with Crippen molar-refractivity contribution in [3.63, 3.8) is 0 Å². The van der Waals surface area contributed by atoms with Crippen molar-refractivity contribution in [2.75, 3.05) is 0 Å². The van der Waals surface area contributed by atoms with Gasteiger partial charge >= 0.3 is 11.6 Å². The molecule has 128 valence electrons. The van der Waals surface area contributed by atoms with Gasteiger partial charge in [-0.05, 0) is 57.2 Å². The number of esters is 1. The third-order valence-corrected chi connectivity index (χ3v) is 4.21. The van der Waals surface area contributed by atoms with E-state index in [0.29, 0.717) is 17.8 Å². The molecule has 1 aliphatic rings. The zero-order valence-electron chi connectivity index (χ0n) is 14.3. The normalized spacial score (nSPS) is 14.7. The minimum atomic E-state index is -0.675. The van der Waals surface area contributed by atoms with Gasteiger partial charge in [-0.3, -0.25) is 0 Å². The number of fused-ring (bicyclic) bond motifs is 3. The summed E-state index contributed by atoms with van der Waals surface area (Å²) in [4.78, 5) is 24.1. The molecule has 1 unspecified atom stereocenters. The lowest BCUT2D eigenvalue weighted by molar-refractivity contribution is -0.155. The fourth-order valence-electron chi connectivity index (χ4n) is 3.11. The van der Waals surface area contributed by atoms with E-state index in [0.717, 1.165) is 35.8 Å². The maximum Gasteiger partial charge on any atom is 0.347 e. The zero-order chi connectivity index (χ0) is 17.3. The molecule has 0 radical (unpaired) electrons. The van der Waals surface area contributed by atoms with Gasteiger partial charge in [0.25, 0.3) is 0 Å². The average Bonchev–Trinajstić information content (AvgIpc) is 3.02. The maximum atomic E-state index is 12.1. The molecule has 1 atom stereocenters. The molecule has 0 saturated heterocycles. The van der Waals surface area contributed by atoms with Crippen molar-refractivity contribution in [2.45, 2.75) is 58.7 Å². The Kier molecular flexibility index (Phi) is 4.60. The molecule has 2 aromatic rings. The first-order valence-corrected chi connectivity index (χ1v) is 8.45. The molecular weight excluding hydrogens is 308 g/mol. The Balaban J connectivity index is 1.89. The van der Waals surface area contributed by atoms with E-state index in [9.17, 15) is 9.59 Å². The number of carbonyl (C=O) groups excluding carboxylic acids is 1. The van der Waals surface area contributed by atoms with Gasteiger partial charge in [-0.25, -0.2) is 9.59 Å². The van der Waals surface area contributed by atoms with Crippen molar-refractivity contribution in [3.8, 4) is 5.75 Å². The third kappa shape index (κ3) is 3.16. The van der Waals surface area contributed by atoms with Crippen molar-refractivity contribution in [1.29, 1.82) is 0 Å². The van der Waals surface area contributed by atoms with Crippen LogP contribution >= 0.6 is 0 Å². The van der Waals surface area contributed by atoms with Gasteiger partial charge in [-0.1, -0.05) is 6.92 Å². The summed E-state index contributed by atoms with van der Waals surface area (Å²) in [6.07, 6.45) is 2.30. The standard InChI is InChI=1S/C19H22O5/c1-4-16(19(21)22-11(2)3)23-12-8-9-14-13-6-5-7-15(13)18(20)24-17(14)10-12/h8-11,16H,4-7H2,1-3H3. The van der Waals surface area contributed by atoms with Crippen LogP contribution in [0.5, 0.6) is 5.75 Å². The predicted molar refractivity (Wildman–Crippen MR) is 90.4 cm³/mol. The van der Waals surface area contributed by atoms with Crippen LogP contribution < -0.4 is 10.4 Å². The molecule has 0 bridgehead atoms. The molecule has 0 fully saturated rings. The predicted octanol–water partition coefficient (Wildman–Crippen LogP) is 3.39. The summed E-state index contributed by atoms with van der Waals surface area (Å²) in [5, 5.41) is 0.951. The quantitative estimate of drug-likeness (QED) is 0.621. The second-order valence-electron chi connectivity index (χ2n) is 6.36. The van der Waals surface area contributed by atoms with E-state index in [-0.39, 0.29) is 17.7 Å². The van der Waals surface area contributed by atoms with Gasteiger partial charge in [0.05, 0.1) is 6.10 Å². The van der Waals surface area contributed by atoms with Crippen molar-refractivity contribution >= 4 is 16.9 Å². The smallest absolute Gasteiger partial charge is 0.347 e. The Morgan fingerprint density at radius 1 is 1.25 bits per heavy atom. The number of aryl methyl sites for hydroxylation is 1. The number of hydrogen-bond acceptors (Lipinski definition) is 5. The maximum absolute atomic E-state index is 12.1. The highest BCUT2D eigenvalue weighted by molar-refractivity contribution is 5.83. The topological polar surface area (TPSA) is 65.7 Å². The fourth-order valence-corrected chi connectivity index (χ4v) is 3.11. The number of rotatable bonds is 5. The molecule has 0 spiro atoms. The monoisotopic (exact) mass is 330 g/mol. The van der Waals surface area contributed by atoms with E-state index in [1.807, 2.05) is 19.1 Å².